The van der Waals surface area contributed by atoms with Gasteiger partial charge in [-0.1, -0.05) is 127 Å². The smallest absolute Gasteiger partial charge is 0.462 e. The molecule has 0 fully saturated rings. The Morgan fingerprint density at radius 3 is 1.60 bits per heavy atom. The average Bonchev–Trinajstić information content (AvgIpc) is 3.10. The molecule has 0 bridgehead atoms. The van der Waals surface area contributed by atoms with Crippen LogP contribution in [0.4, 0.5) is 0 Å². The molecule has 0 heterocycles. The summed E-state index contributed by atoms with van der Waals surface area (Å²) in [7, 11) is -4.62. The second-order valence-electron chi connectivity index (χ2n) is 12.6. The number of aliphatic hydroxyl groups excluding tert-OH is 2. The molecule has 0 saturated carbocycles. The summed E-state index contributed by atoms with van der Waals surface area (Å²) < 4.78 is 32.5. The first-order valence-electron chi connectivity index (χ1n) is 19.1. The molecule has 290 valence electrons. The van der Waals surface area contributed by atoms with E-state index in [-0.39, 0.29) is 19.4 Å². The van der Waals surface area contributed by atoms with E-state index in [1.165, 1.54) is 51.4 Å². The number of ether oxygens (including phenoxy) is 2. The largest absolute Gasteiger partial charge is 0.472 e. The maximum absolute atomic E-state index is 12.5. The zero-order chi connectivity index (χ0) is 37.0. The Bertz CT molecular complexity index is 978. The van der Waals surface area contributed by atoms with Gasteiger partial charge < -0.3 is 24.6 Å². The van der Waals surface area contributed by atoms with E-state index in [0.29, 0.717) is 12.8 Å². The lowest BCUT2D eigenvalue weighted by molar-refractivity contribution is -0.161. The normalized spacial score (nSPS) is 14.6. The van der Waals surface area contributed by atoms with Crippen molar-refractivity contribution in [3.05, 3.63) is 48.6 Å². The zero-order valence-corrected chi connectivity index (χ0v) is 32.0. The first-order valence-corrected chi connectivity index (χ1v) is 20.6. The molecule has 0 rings (SSSR count). The molecule has 10 nitrogen and oxygen atoms in total. The van der Waals surface area contributed by atoms with Crippen LogP contribution >= 0.6 is 7.82 Å². The Morgan fingerprint density at radius 2 is 1.04 bits per heavy atom. The molecule has 0 amide bonds. The molecular formula is C39H69O10P. The molecule has 0 aromatic carbocycles. The van der Waals surface area contributed by atoms with E-state index in [1.54, 1.807) is 0 Å². The molecular weight excluding hydrogens is 659 g/mol. The van der Waals surface area contributed by atoms with Crippen molar-refractivity contribution in [1.82, 2.24) is 0 Å². The van der Waals surface area contributed by atoms with Crippen LogP contribution in [0, 0.1) is 0 Å². The third-order valence-corrected chi connectivity index (χ3v) is 8.69. The van der Waals surface area contributed by atoms with E-state index < -0.39 is 51.8 Å². The Kier molecular flexibility index (Phi) is 33.9. The molecule has 0 aliphatic carbocycles. The van der Waals surface area contributed by atoms with Gasteiger partial charge >= 0.3 is 19.8 Å². The van der Waals surface area contributed by atoms with Gasteiger partial charge in [-0.3, -0.25) is 18.6 Å². The Labute approximate surface area is 303 Å². The van der Waals surface area contributed by atoms with Gasteiger partial charge in [-0.15, -0.1) is 0 Å². The molecule has 3 N–H and O–H groups in total. The van der Waals surface area contributed by atoms with Crippen molar-refractivity contribution in [2.45, 2.75) is 161 Å². The highest BCUT2D eigenvalue weighted by atomic mass is 31.2. The fourth-order valence-electron chi connectivity index (χ4n) is 4.74. The number of allylic oxidation sites excluding steroid dienone is 8. The van der Waals surface area contributed by atoms with E-state index in [9.17, 15) is 24.2 Å². The number of phosphoric ester groups is 1. The minimum absolute atomic E-state index is 0.146. The van der Waals surface area contributed by atoms with Gasteiger partial charge in [0.25, 0.3) is 0 Å². The van der Waals surface area contributed by atoms with Crippen molar-refractivity contribution in [3.8, 4) is 0 Å². The fourth-order valence-corrected chi connectivity index (χ4v) is 5.53. The number of phosphoric acid groups is 1. The highest BCUT2D eigenvalue weighted by molar-refractivity contribution is 7.47. The van der Waals surface area contributed by atoms with E-state index in [1.807, 2.05) is 0 Å². The monoisotopic (exact) mass is 728 g/mol. The predicted molar refractivity (Wildman–Crippen MR) is 201 cm³/mol. The van der Waals surface area contributed by atoms with Crippen molar-refractivity contribution in [2.24, 2.45) is 0 Å². The Morgan fingerprint density at radius 1 is 0.600 bits per heavy atom. The summed E-state index contributed by atoms with van der Waals surface area (Å²) in [4.78, 5) is 34.7. The van der Waals surface area contributed by atoms with Crippen LogP contribution in [0.1, 0.15) is 149 Å². The van der Waals surface area contributed by atoms with Crippen LogP contribution in [0.25, 0.3) is 0 Å². The number of unbranched alkanes of at least 4 members (excludes halogenated alkanes) is 13. The zero-order valence-electron chi connectivity index (χ0n) is 31.1. The lowest BCUT2D eigenvalue weighted by atomic mass is 10.1. The minimum Gasteiger partial charge on any atom is -0.462 e. The summed E-state index contributed by atoms with van der Waals surface area (Å²) in [5, 5.41) is 18.2. The van der Waals surface area contributed by atoms with E-state index >= 15 is 0 Å². The summed E-state index contributed by atoms with van der Waals surface area (Å²) >= 11 is 0. The van der Waals surface area contributed by atoms with Crippen LogP contribution in [-0.4, -0.2) is 65.7 Å². The Balaban J connectivity index is 4.39. The molecule has 0 radical (unpaired) electrons. The number of carbonyl (C=O) groups is 2. The summed E-state index contributed by atoms with van der Waals surface area (Å²) in [5.74, 6) is -0.969. The molecule has 50 heavy (non-hydrogen) atoms. The quantitative estimate of drug-likeness (QED) is 0.0249. The first-order chi connectivity index (χ1) is 24.2. The number of hydrogen-bond donors (Lipinski definition) is 3. The molecule has 0 saturated heterocycles. The van der Waals surface area contributed by atoms with Gasteiger partial charge in [-0.2, -0.15) is 0 Å². The first kappa shape index (κ1) is 47.9. The molecule has 0 spiro atoms. The maximum atomic E-state index is 12.5. The average molecular weight is 729 g/mol. The van der Waals surface area contributed by atoms with Gasteiger partial charge in [0.1, 0.15) is 12.7 Å². The van der Waals surface area contributed by atoms with E-state index in [0.717, 1.165) is 57.8 Å². The standard InChI is InChI=1S/C39H69O10P/c1-3-5-7-9-11-13-14-15-16-17-18-19-20-21-22-23-25-27-29-31-39(43)49-37(35-48-50(44,45)47-33-36(41)32-40)34-46-38(42)30-28-26-24-12-10-8-6-4-2/h11,13,15-16,18-19,21-22,36-37,40-41H,3-10,12,14,17,20,23-35H2,1-2H3,(H,44,45)/b13-11+,16-15+,19-18+,22-21+/t36-,37+/m0/s1. The molecule has 3 atom stereocenters. The molecule has 0 aromatic heterocycles. The number of hydrogen-bond acceptors (Lipinski definition) is 9. The second-order valence-corrected chi connectivity index (χ2v) is 14.1. The van der Waals surface area contributed by atoms with Crippen LogP contribution in [0.3, 0.4) is 0 Å². The van der Waals surface area contributed by atoms with Crippen LogP contribution in [-0.2, 0) is 32.7 Å². The lowest BCUT2D eigenvalue weighted by Gasteiger charge is -2.20. The van der Waals surface area contributed by atoms with Gasteiger partial charge in [-0.25, -0.2) is 4.57 Å². The van der Waals surface area contributed by atoms with Crippen LogP contribution in [0.5, 0.6) is 0 Å². The summed E-state index contributed by atoms with van der Waals surface area (Å²) in [6, 6.07) is 0. The number of rotatable bonds is 35. The van der Waals surface area contributed by atoms with E-state index in [2.05, 4.69) is 67.0 Å². The van der Waals surface area contributed by atoms with Crippen molar-refractivity contribution in [2.75, 3.05) is 26.4 Å². The highest BCUT2D eigenvalue weighted by Gasteiger charge is 2.27. The maximum Gasteiger partial charge on any atom is 0.472 e. The van der Waals surface area contributed by atoms with E-state index in [4.69, 9.17) is 19.1 Å². The third-order valence-electron chi connectivity index (χ3n) is 7.74. The van der Waals surface area contributed by atoms with Crippen molar-refractivity contribution in [3.63, 3.8) is 0 Å². The van der Waals surface area contributed by atoms with Gasteiger partial charge in [0.05, 0.1) is 19.8 Å². The van der Waals surface area contributed by atoms with Crippen LogP contribution in [0.15, 0.2) is 48.6 Å². The van der Waals surface area contributed by atoms with Crippen LogP contribution in [0.2, 0.25) is 0 Å². The SMILES string of the molecule is CCCCC/C=C/C/C=C/C/C=C/C/C=C/CCCCCC(=O)O[C@H](COC(=O)CCCCCCCCCC)COP(=O)(O)OC[C@@H](O)CO. The fraction of sp³-hybridized carbons (Fsp3) is 0.744. The van der Waals surface area contributed by atoms with Gasteiger partial charge in [-0.05, 0) is 57.8 Å². The molecule has 1 unspecified atom stereocenters. The minimum atomic E-state index is -4.62. The van der Waals surface area contributed by atoms with Crippen molar-refractivity contribution >= 4 is 19.8 Å². The number of esters is 2. The van der Waals surface area contributed by atoms with Gasteiger partial charge in [0, 0.05) is 12.8 Å². The topological polar surface area (TPSA) is 149 Å². The summed E-state index contributed by atoms with van der Waals surface area (Å²) in [5.41, 5.74) is 0. The van der Waals surface area contributed by atoms with Gasteiger partial charge in [0.15, 0.2) is 6.10 Å². The molecule has 0 aromatic rings. The van der Waals surface area contributed by atoms with Crippen LogP contribution < -0.4 is 0 Å². The molecule has 11 heteroatoms. The van der Waals surface area contributed by atoms with Crippen molar-refractivity contribution in [1.29, 1.82) is 0 Å². The third kappa shape index (κ3) is 34.4. The predicted octanol–water partition coefficient (Wildman–Crippen LogP) is 9.38. The molecule has 0 aliphatic heterocycles. The highest BCUT2D eigenvalue weighted by Crippen LogP contribution is 2.43. The number of aliphatic hydroxyl groups is 2. The van der Waals surface area contributed by atoms with Crippen molar-refractivity contribution < 1.29 is 47.8 Å². The van der Waals surface area contributed by atoms with Gasteiger partial charge in [0.2, 0.25) is 0 Å². The number of carbonyl (C=O) groups excluding carboxylic acids is 2. The second kappa shape index (κ2) is 35.3. The summed E-state index contributed by atoms with van der Waals surface area (Å²) in [6.45, 7) is 2.25. The summed E-state index contributed by atoms with van der Waals surface area (Å²) in [6.07, 6.45) is 35.2. The lowest BCUT2D eigenvalue weighted by Crippen LogP contribution is -2.29. The Hall–Kier alpha value is -2.07. The molecule has 0 aliphatic rings.